The number of ether oxygens (including phenoxy) is 2. The van der Waals surface area contributed by atoms with Gasteiger partial charge < -0.3 is 14.4 Å². The van der Waals surface area contributed by atoms with Gasteiger partial charge in [0.05, 0.1) is 19.8 Å². The number of nitrogens with zero attached hydrogens (tertiary/aromatic N) is 2. The largest absolute Gasteiger partial charge is 0.448 e. The van der Waals surface area contributed by atoms with Crippen molar-refractivity contribution in [3.63, 3.8) is 0 Å². The molecule has 114 valence electrons. The number of carbonyl (C=O) groups excluding carboxylic acids is 1. The SMILES string of the molecule is CCC(=NC(=O)OCC1CCCCC1)N1CCOCC1. The van der Waals surface area contributed by atoms with Gasteiger partial charge in [-0.1, -0.05) is 26.2 Å². The highest BCUT2D eigenvalue weighted by atomic mass is 16.5. The van der Waals surface area contributed by atoms with Crippen LogP contribution in [0.4, 0.5) is 4.79 Å². The van der Waals surface area contributed by atoms with Crippen LogP contribution in [0.2, 0.25) is 0 Å². The second-order valence-electron chi connectivity index (χ2n) is 5.56. The molecule has 0 unspecified atom stereocenters. The minimum absolute atomic E-state index is 0.432. The summed E-state index contributed by atoms with van der Waals surface area (Å²) >= 11 is 0. The van der Waals surface area contributed by atoms with Crippen molar-refractivity contribution < 1.29 is 14.3 Å². The molecule has 1 saturated carbocycles. The van der Waals surface area contributed by atoms with E-state index in [2.05, 4.69) is 9.89 Å². The molecule has 0 spiro atoms. The van der Waals surface area contributed by atoms with E-state index in [0.29, 0.717) is 25.7 Å². The summed E-state index contributed by atoms with van der Waals surface area (Å²) in [4.78, 5) is 18.1. The first kappa shape index (κ1) is 15.3. The third kappa shape index (κ3) is 4.78. The molecule has 1 saturated heterocycles. The van der Waals surface area contributed by atoms with E-state index in [1.807, 2.05) is 6.92 Å². The van der Waals surface area contributed by atoms with Crippen molar-refractivity contribution in [3.8, 4) is 0 Å². The minimum Gasteiger partial charge on any atom is -0.448 e. The number of amidine groups is 1. The molecule has 0 bridgehead atoms. The zero-order valence-corrected chi connectivity index (χ0v) is 12.5. The summed E-state index contributed by atoms with van der Waals surface area (Å²) in [6.45, 7) is 5.57. The normalized spacial score (nSPS) is 21.9. The molecule has 0 N–H and O–H groups in total. The van der Waals surface area contributed by atoms with E-state index in [0.717, 1.165) is 25.3 Å². The van der Waals surface area contributed by atoms with Crippen molar-refractivity contribution in [1.82, 2.24) is 4.90 Å². The zero-order valence-electron chi connectivity index (χ0n) is 12.5. The third-order valence-electron chi connectivity index (χ3n) is 4.08. The zero-order chi connectivity index (χ0) is 14.2. The average molecular weight is 282 g/mol. The molecule has 2 rings (SSSR count). The highest BCUT2D eigenvalue weighted by Crippen LogP contribution is 2.23. The number of amides is 1. The molecule has 1 aliphatic heterocycles. The second-order valence-corrected chi connectivity index (χ2v) is 5.56. The van der Waals surface area contributed by atoms with E-state index in [1.165, 1.54) is 32.1 Å². The Balaban J connectivity index is 1.78. The van der Waals surface area contributed by atoms with Crippen LogP contribution in [0, 0.1) is 5.92 Å². The van der Waals surface area contributed by atoms with Gasteiger partial charge in [-0.15, -0.1) is 0 Å². The Morgan fingerprint density at radius 2 is 1.95 bits per heavy atom. The van der Waals surface area contributed by atoms with Crippen molar-refractivity contribution in [2.75, 3.05) is 32.9 Å². The van der Waals surface area contributed by atoms with Crippen LogP contribution < -0.4 is 0 Å². The molecule has 20 heavy (non-hydrogen) atoms. The average Bonchev–Trinajstić information content (AvgIpc) is 2.52. The fraction of sp³-hybridized carbons (Fsp3) is 0.867. The molecule has 5 heteroatoms. The van der Waals surface area contributed by atoms with Crippen LogP contribution in [0.1, 0.15) is 45.4 Å². The van der Waals surface area contributed by atoms with Crippen LogP contribution in [-0.4, -0.2) is 49.7 Å². The van der Waals surface area contributed by atoms with Gasteiger partial charge in [-0.25, -0.2) is 4.79 Å². The Kier molecular flexibility index (Phi) is 6.30. The van der Waals surface area contributed by atoms with Crippen LogP contribution >= 0.6 is 0 Å². The summed E-state index contributed by atoms with van der Waals surface area (Å²) in [5.41, 5.74) is 0. The Morgan fingerprint density at radius 3 is 2.60 bits per heavy atom. The number of rotatable bonds is 3. The van der Waals surface area contributed by atoms with Gasteiger partial charge in [-0.05, 0) is 18.8 Å². The van der Waals surface area contributed by atoms with Gasteiger partial charge in [0.2, 0.25) is 0 Å². The molecule has 2 aliphatic rings. The van der Waals surface area contributed by atoms with Gasteiger partial charge in [0, 0.05) is 19.5 Å². The molecular weight excluding hydrogens is 256 g/mol. The number of hydrogen-bond acceptors (Lipinski definition) is 3. The molecule has 0 radical (unpaired) electrons. The predicted molar refractivity (Wildman–Crippen MR) is 78.0 cm³/mol. The van der Waals surface area contributed by atoms with E-state index >= 15 is 0 Å². The van der Waals surface area contributed by atoms with Crippen molar-refractivity contribution in [2.45, 2.75) is 45.4 Å². The van der Waals surface area contributed by atoms with E-state index in [4.69, 9.17) is 9.47 Å². The summed E-state index contributed by atoms with van der Waals surface area (Å²) in [5.74, 6) is 1.36. The summed E-state index contributed by atoms with van der Waals surface area (Å²) in [6.07, 6.45) is 6.53. The topological polar surface area (TPSA) is 51.1 Å². The van der Waals surface area contributed by atoms with Crippen molar-refractivity contribution >= 4 is 11.9 Å². The van der Waals surface area contributed by atoms with Gasteiger partial charge in [0.25, 0.3) is 0 Å². The van der Waals surface area contributed by atoms with E-state index < -0.39 is 6.09 Å². The third-order valence-corrected chi connectivity index (χ3v) is 4.08. The fourth-order valence-corrected chi connectivity index (χ4v) is 2.88. The lowest BCUT2D eigenvalue weighted by molar-refractivity contribution is 0.0668. The van der Waals surface area contributed by atoms with Gasteiger partial charge >= 0.3 is 6.09 Å². The van der Waals surface area contributed by atoms with Crippen LogP contribution in [0.25, 0.3) is 0 Å². The maximum atomic E-state index is 11.8. The number of hydrogen-bond donors (Lipinski definition) is 0. The van der Waals surface area contributed by atoms with Crippen LogP contribution in [0.15, 0.2) is 4.99 Å². The van der Waals surface area contributed by atoms with Crippen molar-refractivity contribution in [3.05, 3.63) is 0 Å². The van der Waals surface area contributed by atoms with Crippen LogP contribution in [-0.2, 0) is 9.47 Å². The molecule has 0 atom stereocenters. The first-order chi connectivity index (χ1) is 9.79. The minimum atomic E-state index is -0.432. The molecule has 2 fully saturated rings. The molecule has 0 aromatic rings. The van der Waals surface area contributed by atoms with Gasteiger partial charge in [-0.3, -0.25) is 0 Å². The molecule has 5 nitrogen and oxygen atoms in total. The number of aliphatic imine (C=N–C) groups is 1. The smallest absolute Gasteiger partial charge is 0.435 e. The Morgan fingerprint density at radius 1 is 1.25 bits per heavy atom. The summed E-state index contributed by atoms with van der Waals surface area (Å²) < 4.78 is 10.6. The molecule has 0 aromatic carbocycles. The number of carbonyl (C=O) groups is 1. The lowest BCUT2D eigenvalue weighted by atomic mass is 9.90. The van der Waals surface area contributed by atoms with Gasteiger partial charge in [0.1, 0.15) is 5.84 Å². The molecule has 1 aliphatic carbocycles. The Labute approximate surface area is 121 Å². The van der Waals surface area contributed by atoms with E-state index in [9.17, 15) is 4.79 Å². The standard InChI is InChI=1S/C15H26N2O3/c1-2-14(17-8-10-19-11-9-17)16-15(18)20-12-13-6-4-3-5-7-13/h13H,2-12H2,1H3. The highest BCUT2D eigenvalue weighted by molar-refractivity contribution is 5.91. The monoisotopic (exact) mass is 282 g/mol. The van der Waals surface area contributed by atoms with E-state index in [1.54, 1.807) is 0 Å². The molecule has 0 aromatic heterocycles. The fourth-order valence-electron chi connectivity index (χ4n) is 2.88. The maximum Gasteiger partial charge on any atom is 0.435 e. The van der Waals surface area contributed by atoms with Crippen LogP contribution in [0.3, 0.4) is 0 Å². The Hall–Kier alpha value is -1.10. The first-order valence-electron chi connectivity index (χ1n) is 7.86. The van der Waals surface area contributed by atoms with Crippen molar-refractivity contribution in [2.24, 2.45) is 10.9 Å². The first-order valence-corrected chi connectivity index (χ1v) is 7.86. The molecule has 1 amide bonds. The lowest BCUT2D eigenvalue weighted by Crippen LogP contribution is -2.40. The number of morpholine rings is 1. The summed E-state index contributed by atoms with van der Waals surface area (Å²) in [5, 5.41) is 0. The maximum absolute atomic E-state index is 11.8. The summed E-state index contributed by atoms with van der Waals surface area (Å²) in [6, 6.07) is 0. The summed E-state index contributed by atoms with van der Waals surface area (Å²) in [7, 11) is 0. The van der Waals surface area contributed by atoms with Crippen molar-refractivity contribution in [1.29, 1.82) is 0 Å². The van der Waals surface area contributed by atoms with Gasteiger partial charge in [0.15, 0.2) is 0 Å². The quantitative estimate of drug-likeness (QED) is 0.590. The molecular formula is C15H26N2O3. The Bertz CT molecular complexity index is 332. The second kappa shape index (κ2) is 8.25. The lowest BCUT2D eigenvalue weighted by Gasteiger charge is -2.29. The van der Waals surface area contributed by atoms with Crippen LogP contribution in [0.5, 0.6) is 0 Å². The highest BCUT2D eigenvalue weighted by Gasteiger charge is 2.17. The van der Waals surface area contributed by atoms with E-state index in [-0.39, 0.29) is 0 Å². The van der Waals surface area contributed by atoms with Gasteiger partial charge in [-0.2, -0.15) is 4.99 Å². The molecule has 1 heterocycles. The predicted octanol–water partition coefficient (Wildman–Crippen LogP) is 2.84.